The van der Waals surface area contributed by atoms with Crippen LogP contribution < -0.4 is 0 Å². The monoisotopic (exact) mass is 154 g/mol. The predicted molar refractivity (Wildman–Crippen MR) is 38.0 cm³/mol. The molecule has 0 radical (unpaired) electrons. The average molecular weight is 154 g/mol. The number of hydrogen-bond donors (Lipinski definition) is 1. The van der Waals surface area contributed by atoms with Crippen LogP contribution in [0.1, 0.15) is 19.3 Å². The van der Waals surface area contributed by atoms with Gasteiger partial charge in [0, 0.05) is 6.54 Å². The van der Waals surface area contributed by atoms with Crippen LogP contribution in [0.2, 0.25) is 0 Å². The molecule has 0 bridgehead atoms. The number of carboxylic acid groups (broad SMARTS) is 1. The van der Waals surface area contributed by atoms with Crippen LogP contribution in [-0.4, -0.2) is 28.7 Å². The summed E-state index contributed by atoms with van der Waals surface area (Å²) in [7, 11) is 0. The highest BCUT2D eigenvalue weighted by molar-refractivity contribution is 5.66. The number of hydrogen-bond acceptors (Lipinski definition) is 2. The molecule has 11 heavy (non-hydrogen) atoms. The molecule has 1 atom stereocenters. The van der Waals surface area contributed by atoms with Crippen LogP contribution in [0.25, 0.3) is 0 Å². The van der Waals surface area contributed by atoms with E-state index in [1.165, 1.54) is 4.90 Å². The van der Waals surface area contributed by atoms with Crippen molar-refractivity contribution in [3.05, 3.63) is 0 Å². The maximum Gasteiger partial charge on any atom is 0.408 e. The van der Waals surface area contributed by atoms with Crippen molar-refractivity contribution in [2.75, 3.05) is 6.54 Å². The van der Waals surface area contributed by atoms with Crippen LogP contribution >= 0.6 is 0 Å². The van der Waals surface area contributed by atoms with Gasteiger partial charge >= 0.3 is 6.09 Å². The van der Waals surface area contributed by atoms with E-state index in [4.69, 9.17) is 10.4 Å². The largest absolute Gasteiger partial charge is 0.465 e. The van der Waals surface area contributed by atoms with E-state index in [0.717, 1.165) is 12.8 Å². The molecule has 1 saturated heterocycles. The maximum absolute atomic E-state index is 10.5. The predicted octanol–water partition coefficient (Wildman–Crippen LogP) is 1.04. The molecular weight excluding hydrogens is 144 g/mol. The van der Waals surface area contributed by atoms with Crippen molar-refractivity contribution in [3.63, 3.8) is 0 Å². The Bertz CT molecular complexity index is 197. The zero-order valence-electron chi connectivity index (χ0n) is 6.16. The molecule has 0 unspecified atom stereocenters. The van der Waals surface area contributed by atoms with E-state index in [9.17, 15) is 4.79 Å². The lowest BCUT2D eigenvalue weighted by molar-refractivity contribution is 0.121. The van der Waals surface area contributed by atoms with Gasteiger partial charge in [-0.2, -0.15) is 5.26 Å². The van der Waals surface area contributed by atoms with Gasteiger partial charge in [-0.1, -0.05) is 0 Å². The van der Waals surface area contributed by atoms with E-state index >= 15 is 0 Å². The molecule has 1 fully saturated rings. The van der Waals surface area contributed by atoms with Crippen LogP contribution in [0.5, 0.6) is 0 Å². The molecule has 1 rings (SSSR count). The van der Waals surface area contributed by atoms with Crippen molar-refractivity contribution in [1.29, 1.82) is 5.26 Å². The highest BCUT2D eigenvalue weighted by atomic mass is 16.4. The van der Waals surface area contributed by atoms with Gasteiger partial charge < -0.3 is 5.11 Å². The van der Waals surface area contributed by atoms with Gasteiger partial charge in [-0.25, -0.2) is 4.79 Å². The Balaban J connectivity index is 2.60. The topological polar surface area (TPSA) is 64.3 Å². The molecule has 4 heteroatoms. The van der Waals surface area contributed by atoms with Crippen molar-refractivity contribution >= 4 is 6.09 Å². The Labute approximate surface area is 65.0 Å². The number of carbonyl (C=O) groups is 1. The van der Waals surface area contributed by atoms with E-state index in [0.29, 0.717) is 13.0 Å². The lowest BCUT2D eigenvalue weighted by atomic mass is 10.0. The first kappa shape index (κ1) is 7.86. The van der Waals surface area contributed by atoms with E-state index in [1.54, 1.807) is 0 Å². The van der Waals surface area contributed by atoms with Crippen LogP contribution in [0.4, 0.5) is 4.79 Å². The third-order valence-corrected chi connectivity index (χ3v) is 1.90. The summed E-state index contributed by atoms with van der Waals surface area (Å²) in [6.07, 6.45) is 1.55. The highest BCUT2D eigenvalue weighted by Crippen LogP contribution is 2.15. The van der Waals surface area contributed by atoms with Crippen molar-refractivity contribution in [3.8, 4) is 6.07 Å². The number of piperidine rings is 1. The number of nitriles is 1. The fourth-order valence-electron chi connectivity index (χ4n) is 1.29. The molecular formula is C7H10N2O2. The van der Waals surface area contributed by atoms with Gasteiger partial charge in [-0.15, -0.1) is 0 Å². The molecule has 0 spiro atoms. The smallest absolute Gasteiger partial charge is 0.408 e. The summed E-state index contributed by atoms with van der Waals surface area (Å²) in [5.41, 5.74) is 0. The first-order chi connectivity index (χ1) is 5.25. The third-order valence-electron chi connectivity index (χ3n) is 1.90. The molecule has 1 N–H and O–H groups in total. The summed E-state index contributed by atoms with van der Waals surface area (Å²) >= 11 is 0. The average Bonchev–Trinajstić information content (AvgIpc) is 2.04. The number of nitrogens with zero attached hydrogens (tertiary/aromatic N) is 2. The summed E-state index contributed by atoms with van der Waals surface area (Å²) in [6.45, 7) is 0.508. The Kier molecular flexibility index (Phi) is 2.32. The van der Waals surface area contributed by atoms with Crippen molar-refractivity contribution in [1.82, 2.24) is 4.90 Å². The van der Waals surface area contributed by atoms with E-state index in [2.05, 4.69) is 0 Å². The van der Waals surface area contributed by atoms with Crippen LogP contribution in [0, 0.1) is 11.3 Å². The first-order valence-electron chi connectivity index (χ1n) is 3.65. The molecule has 0 aliphatic carbocycles. The molecule has 1 heterocycles. The van der Waals surface area contributed by atoms with Gasteiger partial charge in [0.1, 0.15) is 6.04 Å². The van der Waals surface area contributed by atoms with E-state index in [-0.39, 0.29) is 0 Å². The van der Waals surface area contributed by atoms with Gasteiger partial charge in [-0.3, -0.25) is 4.90 Å². The lowest BCUT2D eigenvalue weighted by Crippen LogP contribution is -2.41. The number of likely N-dealkylation sites (tertiary alicyclic amines) is 1. The third kappa shape index (κ3) is 1.61. The highest BCUT2D eigenvalue weighted by Gasteiger charge is 2.25. The minimum atomic E-state index is -0.976. The van der Waals surface area contributed by atoms with Gasteiger partial charge in [0.2, 0.25) is 0 Å². The van der Waals surface area contributed by atoms with Crippen molar-refractivity contribution in [2.24, 2.45) is 0 Å². The second-order valence-electron chi connectivity index (χ2n) is 2.62. The summed E-state index contributed by atoms with van der Waals surface area (Å²) in [5.74, 6) is 0. The Hall–Kier alpha value is -1.24. The summed E-state index contributed by atoms with van der Waals surface area (Å²) < 4.78 is 0. The van der Waals surface area contributed by atoms with Crippen molar-refractivity contribution < 1.29 is 9.90 Å². The molecule has 0 aromatic carbocycles. The molecule has 1 aliphatic rings. The Morgan fingerprint density at radius 2 is 2.36 bits per heavy atom. The maximum atomic E-state index is 10.5. The van der Waals surface area contributed by atoms with E-state index in [1.807, 2.05) is 6.07 Å². The Morgan fingerprint density at radius 3 is 2.82 bits per heavy atom. The minimum absolute atomic E-state index is 0.416. The molecule has 60 valence electrons. The fraction of sp³-hybridized carbons (Fsp3) is 0.714. The summed E-state index contributed by atoms with van der Waals surface area (Å²) in [6, 6.07) is 1.56. The van der Waals surface area contributed by atoms with Gasteiger partial charge in [-0.05, 0) is 19.3 Å². The quantitative estimate of drug-likeness (QED) is 0.567. The molecule has 4 nitrogen and oxygen atoms in total. The fourth-order valence-corrected chi connectivity index (χ4v) is 1.29. The zero-order chi connectivity index (χ0) is 8.27. The molecule has 0 aromatic rings. The second kappa shape index (κ2) is 3.24. The van der Waals surface area contributed by atoms with Crippen LogP contribution in [0.15, 0.2) is 0 Å². The second-order valence-corrected chi connectivity index (χ2v) is 2.62. The van der Waals surface area contributed by atoms with Gasteiger partial charge in [0.25, 0.3) is 0 Å². The van der Waals surface area contributed by atoms with Gasteiger partial charge in [0.05, 0.1) is 6.07 Å². The number of amides is 1. The SMILES string of the molecule is N#C[C@H]1CCCCN1C(=O)O. The lowest BCUT2D eigenvalue weighted by Gasteiger charge is -2.28. The van der Waals surface area contributed by atoms with Crippen LogP contribution in [0.3, 0.4) is 0 Å². The summed E-state index contributed by atoms with van der Waals surface area (Å²) in [4.78, 5) is 11.7. The molecule has 1 amide bonds. The van der Waals surface area contributed by atoms with Gasteiger partial charge in [0.15, 0.2) is 0 Å². The molecule has 0 aromatic heterocycles. The first-order valence-corrected chi connectivity index (χ1v) is 3.65. The standard InChI is InChI=1S/C7H10N2O2/c8-5-6-3-1-2-4-9(6)7(10)11/h6H,1-4H2,(H,10,11)/t6-/m1/s1. The molecule has 0 saturated carbocycles. The number of rotatable bonds is 0. The molecule has 1 aliphatic heterocycles. The normalized spacial score (nSPS) is 24.3. The minimum Gasteiger partial charge on any atom is -0.465 e. The van der Waals surface area contributed by atoms with Crippen LogP contribution in [-0.2, 0) is 0 Å². The van der Waals surface area contributed by atoms with E-state index < -0.39 is 12.1 Å². The Morgan fingerprint density at radius 1 is 1.64 bits per heavy atom. The van der Waals surface area contributed by atoms with Crippen molar-refractivity contribution in [2.45, 2.75) is 25.3 Å². The summed E-state index contributed by atoms with van der Waals surface area (Å²) in [5, 5.41) is 17.2. The zero-order valence-corrected chi connectivity index (χ0v) is 6.16.